The van der Waals surface area contributed by atoms with Crippen molar-refractivity contribution in [2.75, 3.05) is 0 Å². The van der Waals surface area contributed by atoms with Gasteiger partial charge in [-0.2, -0.15) is 0 Å². The average molecular weight is 136 g/mol. The van der Waals surface area contributed by atoms with Crippen LogP contribution >= 0.6 is 0 Å². The first-order valence-corrected chi connectivity index (χ1v) is 2.76. The minimum absolute atomic E-state index is 0.407. The Labute approximate surface area is 56.5 Å². The molecule has 0 bridgehead atoms. The Hall–Kier alpha value is -1.58. The lowest BCUT2D eigenvalue weighted by Crippen LogP contribution is -1.72. The van der Waals surface area contributed by atoms with Crippen LogP contribution < -0.4 is 0 Å². The summed E-state index contributed by atoms with van der Waals surface area (Å²) >= 11 is 0. The maximum absolute atomic E-state index is 4.91. The molecule has 0 unspecified atom stereocenters. The lowest BCUT2D eigenvalue weighted by Gasteiger charge is -1.81. The number of oxazole rings is 2. The highest BCUT2D eigenvalue weighted by Gasteiger charge is 2.04. The van der Waals surface area contributed by atoms with Crippen molar-refractivity contribution in [2.45, 2.75) is 0 Å². The smallest absolute Gasteiger partial charge is 0.283 e. The van der Waals surface area contributed by atoms with Crippen molar-refractivity contribution in [3.05, 3.63) is 24.9 Å². The Morgan fingerprint density at radius 2 is 1.40 bits per heavy atom. The van der Waals surface area contributed by atoms with E-state index in [0.29, 0.717) is 11.8 Å². The summed E-state index contributed by atoms with van der Waals surface area (Å²) in [5, 5.41) is 0. The molecule has 0 N–H and O–H groups in total. The number of nitrogens with zero attached hydrogens (tertiary/aromatic N) is 2. The van der Waals surface area contributed by atoms with Crippen molar-refractivity contribution in [3.63, 3.8) is 0 Å². The highest BCUT2D eigenvalue weighted by Crippen LogP contribution is 2.12. The van der Waals surface area contributed by atoms with E-state index in [1.165, 1.54) is 12.5 Å². The van der Waals surface area contributed by atoms with Crippen LogP contribution in [-0.2, 0) is 0 Å². The van der Waals surface area contributed by atoms with Gasteiger partial charge in [0, 0.05) is 0 Å². The first kappa shape index (κ1) is 5.22. The van der Waals surface area contributed by atoms with Gasteiger partial charge in [0.15, 0.2) is 0 Å². The van der Waals surface area contributed by atoms with E-state index in [0.717, 1.165) is 0 Å². The van der Waals surface area contributed by atoms with Crippen molar-refractivity contribution >= 4 is 0 Å². The molecule has 0 amide bonds. The molecule has 0 saturated heterocycles. The van der Waals surface area contributed by atoms with E-state index in [-0.39, 0.29) is 0 Å². The lowest BCUT2D eigenvalue weighted by atomic mass is 10.7. The summed E-state index contributed by atoms with van der Waals surface area (Å²) in [4.78, 5) is 7.67. The van der Waals surface area contributed by atoms with E-state index in [4.69, 9.17) is 8.83 Å². The van der Waals surface area contributed by atoms with E-state index in [1.54, 1.807) is 12.4 Å². The largest absolute Gasteiger partial charge is 0.441 e. The molecule has 2 rings (SSSR count). The molecule has 0 aliphatic rings. The van der Waals surface area contributed by atoms with Gasteiger partial charge in [0.25, 0.3) is 11.8 Å². The van der Waals surface area contributed by atoms with Gasteiger partial charge in [-0.1, -0.05) is 0 Å². The molecule has 0 aromatic carbocycles. The predicted molar refractivity (Wildman–Crippen MR) is 32.0 cm³/mol. The third kappa shape index (κ3) is 0.699. The molecule has 0 spiro atoms. The molecular formula is C6H4N2O2. The van der Waals surface area contributed by atoms with Gasteiger partial charge in [-0.05, 0) is 0 Å². The molecule has 2 aromatic heterocycles. The third-order valence-electron chi connectivity index (χ3n) is 1.05. The fourth-order valence-electron chi connectivity index (χ4n) is 0.658. The highest BCUT2D eigenvalue weighted by molar-refractivity contribution is 5.35. The maximum Gasteiger partial charge on any atom is 0.283 e. The van der Waals surface area contributed by atoms with Crippen LogP contribution in [0.3, 0.4) is 0 Å². The van der Waals surface area contributed by atoms with Gasteiger partial charge < -0.3 is 8.83 Å². The molecule has 0 fully saturated rings. The summed E-state index contributed by atoms with van der Waals surface area (Å²) in [6.45, 7) is 0. The van der Waals surface area contributed by atoms with E-state index < -0.39 is 0 Å². The molecule has 0 aliphatic carbocycles. The minimum Gasteiger partial charge on any atom is -0.441 e. The number of rotatable bonds is 1. The standard InChI is InChI=1S/C6H4N2O2/c1-3-9-5(7-1)6-8-2-4-10-6/h1-4H. The second-order valence-corrected chi connectivity index (χ2v) is 1.67. The molecule has 0 aliphatic heterocycles. The molecule has 4 heteroatoms. The molecule has 4 nitrogen and oxygen atoms in total. The normalized spacial score (nSPS) is 10.0. The summed E-state index contributed by atoms with van der Waals surface area (Å²) in [6, 6.07) is 0. The first-order chi connectivity index (χ1) is 4.97. The van der Waals surface area contributed by atoms with Crippen LogP contribution in [0.2, 0.25) is 0 Å². The molecule has 0 atom stereocenters. The zero-order valence-electron chi connectivity index (χ0n) is 5.02. The minimum atomic E-state index is 0.407. The summed E-state index contributed by atoms with van der Waals surface area (Å²) < 4.78 is 9.82. The van der Waals surface area contributed by atoms with E-state index in [1.807, 2.05) is 0 Å². The Morgan fingerprint density at radius 3 is 1.70 bits per heavy atom. The summed E-state index contributed by atoms with van der Waals surface area (Å²) in [5.41, 5.74) is 0. The van der Waals surface area contributed by atoms with Crippen LogP contribution in [0.5, 0.6) is 0 Å². The quantitative estimate of drug-likeness (QED) is 0.593. The van der Waals surface area contributed by atoms with Gasteiger partial charge in [-0.3, -0.25) is 0 Å². The zero-order valence-corrected chi connectivity index (χ0v) is 5.02. The van der Waals surface area contributed by atoms with Crippen molar-refractivity contribution in [2.24, 2.45) is 0 Å². The summed E-state index contributed by atoms with van der Waals surface area (Å²) in [7, 11) is 0. The molecule has 2 aromatic rings. The van der Waals surface area contributed by atoms with Gasteiger partial charge in [0.05, 0.1) is 12.4 Å². The van der Waals surface area contributed by atoms with E-state index in [9.17, 15) is 0 Å². The molecule has 0 radical (unpaired) electrons. The second-order valence-electron chi connectivity index (χ2n) is 1.67. The van der Waals surface area contributed by atoms with Gasteiger partial charge in [0.2, 0.25) is 0 Å². The summed E-state index contributed by atoms with van der Waals surface area (Å²) in [5.74, 6) is 0.815. The van der Waals surface area contributed by atoms with Crippen molar-refractivity contribution in [1.29, 1.82) is 0 Å². The first-order valence-electron chi connectivity index (χ1n) is 2.76. The van der Waals surface area contributed by atoms with Crippen molar-refractivity contribution in [3.8, 4) is 11.8 Å². The monoisotopic (exact) mass is 136 g/mol. The van der Waals surface area contributed by atoms with Gasteiger partial charge in [-0.15, -0.1) is 0 Å². The Bertz CT molecular complexity index is 253. The van der Waals surface area contributed by atoms with Crippen LogP contribution in [0.15, 0.2) is 33.8 Å². The number of hydrogen-bond acceptors (Lipinski definition) is 4. The Kier molecular flexibility index (Phi) is 1.04. The van der Waals surface area contributed by atoms with Crippen LogP contribution in [0.4, 0.5) is 0 Å². The SMILES string of the molecule is c1coc(-c2ncco2)n1. The van der Waals surface area contributed by atoms with Gasteiger partial charge in [-0.25, -0.2) is 9.97 Å². The summed E-state index contributed by atoms with van der Waals surface area (Å²) in [6.07, 6.45) is 6.03. The molecule has 50 valence electrons. The molecule has 0 saturated carbocycles. The van der Waals surface area contributed by atoms with Gasteiger partial charge >= 0.3 is 0 Å². The third-order valence-corrected chi connectivity index (χ3v) is 1.05. The van der Waals surface area contributed by atoms with Crippen molar-refractivity contribution < 1.29 is 8.83 Å². The van der Waals surface area contributed by atoms with Crippen LogP contribution in [0, 0.1) is 0 Å². The van der Waals surface area contributed by atoms with Crippen LogP contribution in [0.1, 0.15) is 0 Å². The molecular weight excluding hydrogens is 132 g/mol. The van der Waals surface area contributed by atoms with Gasteiger partial charge in [0.1, 0.15) is 12.5 Å². The van der Waals surface area contributed by atoms with Crippen LogP contribution in [-0.4, -0.2) is 9.97 Å². The lowest BCUT2D eigenvalue weighted by molar-refractivity contribution is 0.510. The highest BCUT2D eigenvalue weighted by atomic mass is 16.4. The Balaban J connectivity index is 2.48. The van der Waals surface area contributed by atoms with Crippen molar-refractivity contribution in [1.82, 2.24) is 9.97 Å². The fourth-order valence-corrected chi connectivity index (χ4v) is 0.658. The van der Waals surface area contributed by atoms with E-state index in [2.05, 4.69) is 9.97 Å². The topological polar surface area (TPSA) is 52.1 Å². The van der Waals surface area contributed by atoms with E-state index >= 15 is 0 Å². The average Bonchev–Trinajstić information content (AvgIpc) is 2.59. The molecule has 2 heterocycles. The zero-order chi connectivity index (χ0) is 6.81. The second kappa shape index (κ2) is 1.98. The fraction of sp³-hybridized carbons (Fsp3) is 0. The Morgan fingerprint density at radius 1 is 0.900 bits per heavy atom. The maximum atomic E-state index is 4.91. The number of hydrogen-bond donors (Lipinski definition) is 0. The number of aromatic nitrogens is 2. The predicted octanol–water partition coefficient (Wildman–Crippen LogP) is 1.33. The molecule has 10 heavy (non-hydrogen) atoms. The van der Waals surface area contributed by atoms with Crippen LogP contribution in [0.25, 0.3) is 11.8 Å².